The summed E-state index contributed by atoms with van der Waals surface area (Å²) >= 11 is 0. The van der Waals surface area contributed by atoms with Crippen molar-refractivity contribution in [3.05, 3.63) is 76.6 Å². The summed E-state index contributed by atoms with van der Waals surface area (Å²) in [6.45, 7) is 0.124. The van der Waals surface area contributed by atoms with E-state index in [9.17, 15) is 18.5 Å². The van der Waals surface area contributed by atoms with Gasteiger partial charge in [0.15, 0.2) is 0 Å². The van der Waals surface area contributed by atoms with Gasteiger partial charge in [-0.2, -0.15) is 4.98 Å². The van der Waals surface area contributed by atoms with Gasteiger partial charge in [-0.15, -0.1) is 0 Å². The van der Waals surface area contributed by atoms with E-state index in [0.29, 0.717) is 11.8 Å². The zero-order valence-electron chi connectivity index (χ0n) is 17.0. The topological polar surface area (TPSA) is 118 Å². The molecule has 3 aromatic rings. The Labute approximate surface area is 185 Å². The van der Waals surface area contributed by atoms with E-state index in [1.165, 1.54) is 22.3 Å². The first-order valence-corrected chi connectivity index (χ1v) is 13.9. The zero-order chi connectivity index (χ0) is 23.1. The Kier molecular flexibility index (Phi) is 8.19. The van der Waals surface area contributed by atoms with Crippen LogP contribution in [0.4, 0.5) is 0 Å². The summed E-state index contributed by atoms with van der Waals surface area (Å²) in [5.41, 5.74) is 0.939. The highest BCUT2D eigenvalue weighted by molar-refractivity contribution is 7.66. The van der Waals surface area contributed by atoms with Crippen molar-refractivity contribution in [1.29, 1.82) is 0 Å². The van der Waals surface area contributed by atoms with Gasteiger partial charge in [-0.05, 0) is 30.6 Å². The van der Waals surface area contributed by atoms with Crippen molar-refractivity contribution in [2.75, 3.05) is 6.16 Å². The van der Waals surface area contributed by atoms with Crippen molar-refractivity contribution >= 4 is 46.6 Å². The number of aryl methyl sites for hydroxylation is 2. The molecule has 3 rings (SSSR count). The molecule has 0 N–H and O–H groups in total. The minimum Gasteiger partial charge on any atom is -0.443 e. The summed E-state index contributed by atoms with van der Waals surface area (Å²) in [4.78, 5) is 16.2. The van der Waals surface area contributed by atoms with Crippen LogP contribution in [0.15, 0.2) is 64.0 Å². The lowest BCUT2D eigenvalue weighted by atomic mass is 10.1. The molecule has 0 saturated carbocycles. The third kappa shape index (κ3) is 6.99. The van der Waals surface area contributed by atoms with Crippen molar-refractivity contribution in [3.8, 4) is 0 Å². The lowest BCUT2D eigenvalue weighted by Gasteiger charge is -2.09. The van der Waals surface area contributed by atoms with Crippen LogP contribution in [0.1, 0.15) is 11.3 Å². The molecule has 2 atom stereocenters. The average molecular weight is 494 g/mol. The fraction of sp³-hybridized carbons (Fsp3) is 0.200. The Morgan fingerprint density at radius 3 is 2.44 bits per heavy atom. The molecule has 168 valence electrons. The second-order valence-electron chi connectivity index (χ2n) is 6.73. The molecule has 0 saturated heterocycles. The molecular formula is C20H21N2O7P3. The minimum atomic E-state index is -3.93. The number of aromatic nitrogens is 2. The molecule has 2 heterocycles. The minimum absolute atomic E-state index is 0.124. The quantitative estimate of drug-likeness (QED) is 0.273. The normalized spacial score (nSPS) is 14.5. The van der Waals surface area contributed by atoms with Gasteiger partial charge in [0, 0.05) is 19.2 Å². The molecule has 12 heteroatoms. The summed E-state index contributed by atoms with van der Waals surface area (Å²) < 4.78 is 51.2. The van der Waals surface area contributed by atoms with Gasteiger partial charge in [0.1, 0.15) is 5.76 Å². The second kappa shape index (κ2) is 10.9. The summed E-state index contributed by atoms with van der Waals surface area (Å²) in [5.74, 6) is 0.726. The van der Waals surface area contributed by atoms with E-state index in [2.05, 4.69) is 17.6 Å². The molecule has 0 aliphatic carbocycles. The van der Waals surface area contributed by atoms with E-state index in [-0.39, 0.29) is 18.4 Å². The van der Waals surface area contributed by atoms with Crippen LogP contribution in [0.5, 0.6) is 0 Å². The molecule has 2 aromatic heterocycles. The maximum Gasteiger partial charge on any atom is 0.354 e. The summed E-state index contributed by atoms with van der Waals surface area (Å²) in [6.07, 6.45) is 12.0. The highest BCUT2D eigenvalue weighted by Gasteiger charge is 2.25. The van der Waals surface area contributed by atoms with E-state index in [1.54, 1.807) is 6.20 Å². The number of hydrogen-bond donors (Lipinski definition) is 0. The third-order valence-corrected chi connectivity index (χ3v) is 8.37. The monoisotopic (exact) mass is 494 g/mol. The molecule has 0 amide bonds. The van der Waals surface area contributed by atoms with Crippen molar-refractivity contribution in [2.45, 2.75) is 19.4 Å². The Hall–Kier alpha value is -2.53. The van der Waals surface area contributed by atoms with Crippen molar-refractivity contribution < 1.29 is 26.7 Å². The molecule has 9 nitrogen and oxygen atoms in total. The first kappa shape index (κ1) is 24.1. The van der Waals surface area contributed by atoms with Crippen LogP contribution < -0.4 is 5.69 Å². The van der Waals surface area contributed by atoms with Gasteiger partial charge in [0.25, 0.3) is 0 Å². The fourth-order valence-corrected chi connectivity index (χ4v) is 6.47. The van der Waals surface area contributed by atoms with Crippen LogP contribution in [0.3, 0.4) is 0 Å². The summed E-state index contributed by atoms with van der Waals surface area (Å²) in [7, 11) is -8.89. The number of rotatable bonds is 11. The third-order valence-electron chi connectivity index (χ3n) is 4.26. The van der Waals surface area contributed by atoms with Gasteiger partial charge in [-0.3, -0.25) is 18.3 Å². The fourth-order valence-electron chi connectivity index (χ4n) is 2.92. The Balaban J connectivity index is 1.68. The molecule has 32 heavy (non-hydrogen) atoms. The Morgan fingerprint density at radius 1 is 1.09 bits per heavy atom. The lowest BCUT2D eigenvalue weighted by molar-refractivity contribution is 0.404. The predicted octanol–water partition coefficient (Wildman–Crippen LogP) is 4.91. The average Bonchev–Trinajstić information content (AvgIpc) is 3.10. The summed E-state index contributed by atoms with van der Waals surface area (Å²) in [6, 6.07) is 11.8. The van der Waals surface area contributed by atoms with Crippen LogP contribution in [0.2, 0.25) is 0 Å². The molecule has 0 fully saturated rings. The van der Waals surface area contributed by atoms with E-state index in [1.807, 2.05) is 36.4 Å². The maximum absolute atomic E-state index is 12.4. The van der Waals surface area contributed by atoms with Crippen LogP contribution in [-0.4, -0.2) is 28.3 Å². The first-order valence-electron chi connectivity index (χ1n) is 9.47. The highest BCUT2D eigenvalue weighted by atomic mass is 31.2. The molecule has 1 aromatic carbocycles. The van der Waals surface area contributed by atoms with Gasteiger partial charge >= 0.3 is 13.3 Å². The summed E-state index contributed by atoms with van der Waals surface area (Å²) in [5, 5.41) is 0.682. The van der Waals surface area contributed by atoms with Gasteiger partial charge < -0.3 is 4.42 Å². The standard InChI is InChI=1S/C20H21N2O7P3/c1-30(24)28-32(26,29-31(2)25)13-7-6-12-22-15-17-14-18(27-19(17)21-20(22)23)11-10-16-8-4-3-5-9-16/h3-9,14-15H,1-2,10-13H2/b7-6+. The molecular weight excluding hydrogens is 473 g/mol. The van der Waals surface area contributed by atoms with Crippen LogP contribution >= 0.6 is 22.9 Å². The Bertz CT molecular complexity index is 1320. The number of allylic oxidation sites excluding steroid dienone is 2. The number of fused-ring (bicyclic) bond motifs is 1. The van der Waals surface area contributed by atoms with Crippen LogP contribution in [0.25, 0.3) is 11.1 Å². The SMILES string of the molecule is C=P(=O)OP(=O)(C/C=C/Cn1cc2cc(CCc3ccccc3)oc2nc1=O)OP(=C)=O. The second-order valence-corrected chi connectivity index (χ2v) is 11.0. The predicted molar refractivity (Wildman–Crippen MR) is 125 cm³/mol. The largest absolute Gasteiger partial charge is 0.443 e. The van der Waals surface area contributed by atoms with Crippen LogP contribution in [0, 0.1) is 0 Å². The first-order chi connectivity index (χ1) is 15.2. The molecule has 0 spiro atoms. The zero-order valence-corrected chi connectivity index (χ0v) is 19.7. The van der Waals surface area contributed by atoms with E-state index >= 15 is 0 Å². The van der Waals surface area contributed by atoms with E-state index in [0.717, 1.165) is 12.2 Å². The van der Waals surface area contributed by atoms with E-state index < -0.39 is 28.6 Å². The molecule has 0 bridgehead atoms. The number of nitrogens with zero attached hydrogens (tertiary/aromatic N) is 2. The number of hydrogen-bond acceptors (Lipinski definition) is 8. The van der Waals surface area contributed by atoms with Crippen molar-refractivity contribution in [3.63, 3.8) is 0 Å². The molecule has 0 radical (unpaired) electrons. The van der Waals surface area contributed by atoms with Gasteiger partial charge in [-0.25, -0.2) is 13.4 Å². The molecule has 2 unspecified atom stereocenters. The smallest absolute Gasteiger partial charge is 0.354 e. The lowest BCUT2D eigenvalue weighted by Crippen LogP contribution is -2.21. The van der Waals surface area contributed by atoms with Gasteiger partial charge in [-0.1, -0.05) is 42.5 Å². The van der Waals surface area contributed by atoms with Crippen LogP contribution in [-0.2, 0) is 41.7 Å². The van der Waals surface area contributed by atoms with Gasteiger partial charge in [0.05, 0.1) is 11.5 Å². The molecule has 0 aliphatic rings. The van der Waals surface area contributed by atoms with E-state index in [4.69, 9.17) is 13.0 Å². The molecule has 0 aliphatic heterocycles. The number of benzene rings is 1. The maximum atomic E-state index is 12.4. The van der Waals surface area contributed by atoms with Crippen molar-refractivity contribution in [1.82, 2.24) is 9.55 Å². The Morgan fingerprint density at radius 2 is 1.78 bits per heavy atom. The van der Waals surface area contributed by atoms with Gasteiger partial charge in [0.2, 0.25) is 21.0 Å². The highest BCUT2D eigenvalue weighted by Crippen LogP contribution is 2.56. The van der Waals surface area contributed by atoms with Crippen molar-refractivity contribution in [2.24, 2.45) is 0 Å². The number of furan rings is 1.